The van der Waals surface area contributed by atoms with E-state index in [0.717, 1.165) is 6.42 Å². The molecule has 10 nitrogen and oxygen atoms in total. The molecule has 0 aliphatic rings. The van der Waals surface area contributed by atoms with Gasteiger partial charge < -0.3 is 29.8 Å². The van der Waals surface area contributed by atoms with E-state index in [4.69, 9.17) is 24.7 Å². The van der Waals surface area contributed by atoms with Crippen LogP contribution in [0.25, 0.3) is 0 Å². The molecule has 10 heteroatoms. The van der Waals surface area contributed by atoms with Gasteiger partial charge in [-0.05, 0) is 49.8 Å². The lowest BCUT2D eigenvalue weighted by Crippen LogP contribution is -2.42. The van der Waals surface area contributed by atoms with Gasteiger partial charge in [0.15, 0.2) is 11.5 Å². The first-order valence-corrected chi connectivity index (χ1v) is 13.6. The van der Waals surface area contributed by atoms with Crippen LogP contribution < -0.4 is 15.2 Å². The third kappa shape index (κ3) is 11.6. The van der Waals surface area contributed by atoms with Crippen LogP contribution in [0.3, 0.4) is 0 Å². The van der Waals surface area contributed by atoms with Crippen LogP contribution >= 0.6 is 0 Å². The Morgan fingerprint density at radius 3 is 1.87 bits per heavy atom. The van der Waals surface area contributed by atoms with E-state index in [1.807, 2.05) is 34.6 Å². The van der Waals surface area contributed by atoms with Crippen molar-refractivity contribution < 1.29 is 43.2 Å². The van der Waals surface area contributed by atoms with E-state index in [0.29, 0.717) is 12.0 Å². The van der Waals surface area contributed by atoms with Crippen molar-refractivity contribution in [2.24, 2.45) is 23.5 Å². The van der Waals surface area contributed by atoms with Crippen molar-refractivity contribution in [2.75, 3.05) is 0 Å². The summed E-state index contributed by atoms with van der Waals surface area (Å²) in [6, 6.07) is 3.09. The van der Waals surface area contributed by atoms with Crippen molar-refractivity contribution in [3.63, 3.8) is 0 Å². The smallest absolute Gasteiger partial charge is 0.480 e. The second kappa shape index (κ2) is 16.1. The first-order valence-electron chi connectivity index (χ1n) is 13.6. The lowest BCUT2D eigenvalue weighted by Gasteiger charge is -2.31. The Labute approximate surface area is 231 Å². The first kappa shape index (κ1) is 33.9. The van der Waals surface area contributed by atoms with E-state index in [-0.39, 0.29) is 42.3 Å². The molecule has 0 aliphatic heterocycles. The molecule has 0 aromatic heterocycles. The highest BCUT2D eigenvalue weighted by Gasteiger charge is 2.36. The van der Waals surface area contributed by atoms with E-state index in [2.05, 4.69) is 0 Å². The number of carboxylic acids is 1. The lowest BCUT2D eigenvalue weighted by molar-refractivity contribution is -0.140. The molecule has 1 aromatic rings. The number of carbonyl (C=O) groups is 4. The van der Waals surface area contributed by atoms with E-state index in [1.54, 1.807) is 26.8 Å². The Balaban J connectivity index is 3.38. The van der Waals surface area contributed by atoms with Crippen LogP contribution in [0.2, 0.25) is 0 Å². The molecule has 0 radical (unpaired) electrons. The van der Waals surface area contributed by atoms with Crippen molar-refractivity contribution in [2.45, 2.75) is 105 Å². The number of aliphatic carboxylic acids is 1. The topological polar surface area (TPSA) is 151 Å². The molecule has 0 spiro atoms. The van der Waals surface area contributed by atoms with Crippen LogP contribution in [0.4, 0.5) is 4.79 Å². The zero-order valence-corrected chi connectivity index (χ0v) is 24.4. The van der Waals surface area contributed by atoms with E-state index in [1.165, 1.54) is 12.1 Å². The number of hydrogen-bond donors (Lipinski definition) is 2. The molecule has 0 amide bonds. The van der Waals surface area contributed by atoms with Gasteiger partial charge in [0.1, 0.15) is 18.2 Å². The summed E-state index contributed by atoms with van der Waals surface area (Å²) in [7, 11) is 0. The maximum absolute atomic E-state index is 12.5. The molecule has 0 fully saturated rings. The summed E-state index contributed by atoms with van der Waals surface area (Å²) in [6.07, 6.45) is -0.142. The number of esters is 2. The normalized spacial score (nSPS) is 15.2. The molecule has 0 heterocycles. The van der Waals surface area contributed by atoms with Crippen LogP contribution in [0.1, 0.15) is 92.6 Å². The van der Waals surface area contributed by atoms with Crippen LogP contribution in [0.5, 0.6) is 11.5 Å². The number of rotatable bonds is 15. The molecule has 220 valence electrons. The van der Waals surface area contributed by atoms with Gasteiger partial charge in [0, 0.05) is 24.7 Å². The van der Waals surface area contributed by atoms with Gasteiger partial charge in [0.05, 0.1) is 0 Å². The summed E-state index contributed by atoms with van der Waals surface area (Å²) in [5.74, 6) is -3.63. The van der Waals surface area contributed by atoms with Gasteiger partial charge in [-0.3, -0.25) is 14.4 Å². The molecule has 1 aromatic carbocycles. The van der Waals surface area contributed by atoms with Gasteiger partial charge in [0.2, 0.25) is 0 Å². The Morgan fingerprint density at radius 1 is 0.846 bits per heavy atom. The summed E-state index contributed by atoms with van der Waals surface area (Å²) >= 11 is 0. The molecule has 5 atom stereocenters. The maximum Gasteiger partial charge on any atom is 0.508 e. The number of carboxylic acid groups (broad SMARTS) is 1. The van der Waals surface area contributed by atoms with Gasteiger partial charge >= 0.3 is 24.1 Å². The summed E-state index contributed by atoms with van der Waals surface area (Å²) in [4.78, 5) is 49.1. The fraction of sp³-hybridized carbons (Fsp3) is 0.655. The van der Waals surface area contributed by atoms with Crippen LogP contribution in [-0.4, -0.2) is 47.4 Å². The third-order valence-electron chi connectivity index (χ3n) is 6.20. The SMILES string of the molecule is CCCC(C)OC(=O)OC(C)C(C)C(c1ccc(OC(=O)CC(C)C)c(OC(=O)CC(C)C)c1)[C@H](N)C(=O)O. The lowest BCUT2D eigenvalue weighted by atomic mass is 9.79. The van der Waals surface area contributed by atoms with Crippen molar-refractivity contribution in [1.29, 1.82) is 0 Å². The van der Waals surface area contributed by atoms with Crippen LogP contribution in [0.15, 0.2) is 18.2 Å². The second-order valence-electron chi connectivity index (χ2n) is 10.9. The summed E-state index contributed by atoms with van der Waals surface area (Å²) < 4.78 is 21.7. The summed E-state index contributed by atoms with van der Waals surface area (Å²) in [5, 5.41) is 9.76. The zero-order valence-electron chi connectivity index (χ0n) is 24.4. The van der Waals surface area contributed by atoms with Crippen LogP contribution in [-0.2, 0) is 23.9 Å². The molecular weight excluding hydrogens is 506 g/mol. The van der Waals surface area contributed by atoms with Gasteiger partial charge in [-0.2, -0.15) is 0 Å². The molecule has 39 heavy (non-hydrogen) atoms. The zero-order chi connectivity index (χ0) is 29.9. The van der Waals surface area contributed by atoms with Crippen LogP contribution in [0, 0.1) is 17.8 Å². The Kier molecular flexibility index (Phi) is 14.0. The molecule has 0 saturated heterocycles. The van der Waals surface area contributed by atoms with Crippen molar-refractivity contribution in [3.8, 4) is 11.5 Å². The highest BCUT2D eigenvalue weighted by molar-refractivity contribution is 5.77. The monoisotopic (exact) mass is 551 g/mol. The van der Waals surface area contributed by atoms with E-state index < -0.39 is 48.0 Å². The summed E-state index contributed by atoms with van der Waals surface area (Å²) in [5.41, 5.74) is 6.52. The Hall–Kier alpha value is -3.14. The molecule has 3 N–H and O–H groups in total. The van der Waals surface area contributed by atoms with Gasteiger partial charge in [0.25, 0.3) is 0 Å². The van der Waals surface area contributed by atoms with E-state index >= 15 is 0 Å². The quantitative estimate of drug-likeness (QED) is 0.212. The predicted octanol–water partition coefficient (Wildman–Crippen LogP) is 5.45. The number of ether oxygens (including phenoxy) is 4. The number of nitrogens with two attached hydrogens (primary N) is 1. The third-order valence-corrected chi connectivity index (χ3v) is 6.20. The fourth-order valence-corrected chi connectivity index (χ4v) is 4.09. The van der Waals surface area contributed by atoms with Gasteiger partial charge in [-0.25, -0.2) is 4.79 Å². The number of benzene rings is 1. The highest BCUT2D eigenvalue weighted by atomic mass is 16.7. The second-order valence-corrected chi connectivity index (χ2v) is 10.9. The molecule has 0 saturated carbocycles. The Bertz CT molecular complexity index is 976. The largest absolute Gasteiger partial charge is 0.508 e. The van der Waals surface area contributed by atoms with Crippen molar-refractivity contribution >= 4 is 24.1 Å². The molecule has 1 rings (SSSR count). The summed E-state index contributed by atoms with van der Waals surface area (Å²) in [6.45, 7) is 14.5. The molecule has 4 unspecified atom stereocenters. The first-order chi connectivity index (χ1) is 18.2. The minimum Gasteiger partial charge on any atom is -0.480 e. The Morgan fingerprint density at radius 2 is 1.38 bits per heavy atom. The highest BCUT2D eigenvalue weighted by Crippen LogP contribution is 2.37. The average molecular weight is 552 g/mol. The van der Waals surface area contributed by atoms with Crippen molar-refractivity contribution in [3.05, 3.63) is 23.8 Å². The van der Waals surface area contributed by atoms with Gasteiger partial charge in [-0.1, -0.05) is 54.0 Å². The molecule has 0 bridgehead atoms. The standard InChI is InChI=1S/C29H45NO9/c1-9-10-18(6)36-29(35)37-20(8)19(7)26(27(30)28(33)34)21-11-12-22(38-24(31)13-16(2)3)23(15-21)39-25(32)14-17(4)5/h11-12,15-20,26-27H,9-10,13-14,30H2,1-8H3,(H,33,34)/t18?,19?,20?,26?,27-/m0/s1. The molecule has 0 aliphatic carbocycles. The number of carbonyl (C=O) groups excluding carboxylic acids is 3. The van der Waals surface area contributed by atoms with Crippen molar-refractivity contribution in [1.82, 2.24) is 0 Å². The molecular formula is C29H45NO9. The average Bonchev–Trinajstić information content (AvgIpc) is 2.79. The number of hydrogen-bond acceptors (Lipinski definition) is 9. The predicted molar refractivity (Wildman–Crippen MR) is 146 cm³/mol. The van der Waals surface area contributed by atoms with Gasteiger partial charge in [-0.15, -0.1) is 0 Å². The fourth-order valence-electron chi connectivity index (χ4n) is 4.09. The maximum atomic E-state index is 12.5. The minimum absolute atomic E-state index is 0.0218. The van der Waals surface area contributed by atoms with E-state index in [9.17, 15) is 24.3 Å². The minimum atomic E-state index is -1.38.